The minimum atomic E-state index is -2.27. The van der Waals surface area contributed by atoms with E-state index in [9.17, 15) is 19.2 Å². The van der Waals surface area contributed by atoms with Crippen molar-refractivity contribution < 1.29 is 39.6 Å². The van der Waals surface area contributed by atoms with Gasteiger partial charge < -0.3 is 43.4 Å². The Morgan fingerprint density at radius 1 is 0.750 bits per heavy atom. The van der Waals surface area contributed by atoms with Gasteiger partial charge in [-0.15, -0.1) is 0 Å². The fourth-order valence-corrected chi connectivity index (χ4v) is 0.672. The van der Waals surface area contributed by atoms with Gasteiger partial charge in [0, 0.05) is 0 Å². The highest BCUT2D eigenvalue weighted by Gasteiger charge is 2.29. The predicted molar refractivity (Wildman–Crippen MR) is 82.2 cm³/mol. The van der Waals surface area contributed by atoms with Crippen molar-refractivity contribution in [3.63, 3.8) is 0 Å². The Morgan fingerprint density at radius 3 is 1.00 bits per heavy atom. The lowest BCUT2D eigenvalue weighted by Crippen LogP contribution is -2.39. The Bertz CT molecular complexity index is 380. The minimum absolute atomic E-state index is 0.428. The first-order chi connectivity index (χ1) is 10.8. The van der Waals surface area contributed by atoms with Crippen molar-refractivity contribution in [3.8, 4) is 0 Å². The third kappa shape index (κ3) is 14.6. The molecule has 0 saturated heterocycles. The number of aliphatic hydroxyl groups is 2. The number of rotatable bonds is 7. The molecule has 0 rings (SSSR count). The maximum absolute atomic E-state index is 10.0. The van der Waals surface area contributed by atoms with Crippen LogP contribution in [0.5, 0.6) is 0 Å². The highest BCUT2D eigenvalue weighted by Crippen LogP contribution is 1.92. The fourth-order valence-electron chi connectivity index (χ4n) is 0.672. The molecule has 0 aliphatic rings. The van der Waals surface area contributed by atoms with Gasteiger partial charge in [-0.2, -0.15) is 0 Å². The third-order valence-corrected chi connectivity index (χ3v) is 2.42. The average molecular weight is 354 g/mol. The molecule has 0 fully saturated rings. The molecule has 2 amide bonds. The van der Waals surface area contributed by atoms with E-state index in [1.165, 1.54) is 0 Å². The molecule has 0 aromatic carbocycles. The van der Waals surface area contributed by atoms with Crippen LogP contribution in [0.4, 0.5) is 0 Å². The highest BCUT2D eigenvalue weighted by molar-refractivity contribution is 5.83. The van der Waals surface area contributed by atoms with E-state index in [2.05, 4.69) is 0 Å². The van der Waals surface area contributed by atoms with Crippen molar-refractivity contribution in [3.05, 3.63) is 0 Å². The molecular weight excluding hydrogens is 328 g/mol. The van der Waals surface area contributed by atoms with Crippen LogP contribution < -0.4 is 22.9 Å². The van der Waals surface area contributed by atoms with Crippen LogP contribution in [-0.4, -0.2) is 68.5 Å². The molecule has 4 atom stereocenters. The average Bonchev–Trinajstić information content (AvgIpc) is 2.52. The Morgan fingerprint density at radius 2 is 0.958 bits per heavy atom. The van der Waals surface area contributed by atoms with Crippen molar-refractivity contribution in [1.29, 1.82) is 0 Å². The second-order valence-corrected chi connectivity index (χ2v) is 4.40. The number of aliphatic hydroxyl groups excluding tert-OH is 2. The van der Waals surface area contributed by atoms with Crippen LogP contribution in [0.3, 0.4) is 0 Å². The van der Waals surface area contributed by atoms with E-state index in [1.54, 1.807) is 0 Å². The molecule has 0 aliphatic heterocycles. The van der Waals surface area contributed by atoms with Crippen molar-refractivity contribution in [1.82, 2.24) is 0 Å². The number of carbonyl (C=O) groups is 4. The van der Waals surface area contributed by atoms with E-state index in [1.807, 2.05) is 13.8 Å². The van der Waals surface area contributed by atoms with Gasteiger partial charge in [-0.05, 0) is 12.8 Å². The zero-order valence-corrected chi connectivity index (χ0v) is 13.5. The number of nitrogens with two attached hydrogens (primary N) is 4. The van der Waals surface area contributed by atoms with Crippen LogP contribution >= 0.6 is 0 Å². The van der Waals surface area contributed by atoms with Gasteiger partial charge in [-0.1, -0.05) is 13.8 Å². The normalized spacial score (nSPS) is 14.4. The van der Waals surface area contributed by atoms with Gasteiger partial charge in [0.25, 0.3) is 0 Å². The van der Waals surface area contributed by atoms with Gasteiger partial charge in [-0.25, -0.2) is 9.59 Å². The lowest BCUT2D eigenvalue weighted by molar-refractivity contribution is -0.165. The van der Waals surface area contributed by atoms with Crippen LogP contribution in [0.25, 0.3) is 0 Å². The zero-order chi connectivity index (χ0) is 20.0. The number of amides is 2. The van der Waals surface area contributed by atoms with Crippen LogP contribution in [0.1, 0.15) is 26.7 Å². The largest absolute Gasteiger partial charge is 0.479 e. The summed E-state index contributed by atoms with van der Waals surface area (Å²) in [6, 6.07) is -0.917. The molecule has 12 nitrogen and oxygen atoms in total. The van der Waals surface area contributed by atoms with E-state index in [0.717, 1.165) is 0 Å². The standard InChI is InChI=1S/2C4H10N2O.C4H6O6/c2*1-2-3(5)4(6)7;5-1(3(7)8)2(6)4(9)10/h2*3H,2,5H2,1H3,(H2,6,7);1-2,5-6H,(H,7,8)(H,9,10)/t2*3-;/m00./s1. The van der Waals surface area contributed by atoms with Crippen LogP contribution in [-0.2, 0) is 19.2 Å². The number of hydrogen-bond acceptors (Lipinski definition) is 8. The number of primary amides is 2. The molecule has 0 radical (unpaired) electrons. The molecule has 0 heterocycles. The maximum Gasteiger partial charge on any atom is 0.335 e. The summed E-state index contributed by atoms with van der Waals surface area (Å²) in [5.74, 6) is -4.39. The number of carboxylic acid groups (broad SMARTS) is 2. The first-order valence-electron chi connectivity index (χ1n) is 6.74. The van der Waals surface area contributed by atoms with Crippen LogP contribution in [0, 0.1) is 0 Å². The van der Waals surface area contributed by atoms with Crippen molar-refractivity contribution in [2.24, 2.45) is 22.9 Å². The lowest BCUT2D eigenvalue weighted by Gasteiger charge is -2.07. The summed E-state index contributed by atoms with van der Waals surface area (Å²) in [4.78, 5) is 39.6. The monoisotopic (exact) mass is 354 g/mol. The summed E-state index contributed by atoms with van der Waals surface area (Å²) in [6.07, 6.45) is -3.29. The summed E-state index contributed by atoms with van der Waals surface area (Å²) in [5, 5.41) is 32.5. The van der Waals surface area contributed by atoms with Gasteiger partial charge >= 0.3 is 11.9 Å². The second-order valence-electron chi connectivity index (χ2n) is 4.40. The maximum atomic E-state index is 10.0. The molecule has 0 aliphatic carbocycles. The van der Waals surface area contributed by atoms with E-state index >= 15 is 0 Å². The number of aliphatic carboxylic acids is 2. The first kappa shape index (κ1) is 26.6. The number of hydrogen-bond donors (Lipinski definition) is 8. The molecule has 142 valence electrons. The van der Waals surface area contributed by atoms with Crippen molar-refractivity contribution in [2.45, 2.75) is 51.0 Å². The highest BCUT2D eigenvalue weighted by atomic mass is 16.4. The van der Waals surface area contributed by atoms with Crippen molar-refractivity contribution >= 4 is 23.8 Å². The SMILES string of the molecule is CC[C@H](N)C(N)=O.CC[C@H](N)C(N)=O.O=C(O)C(O)C(O)C(=O)O. The Labute approximate surface area is 138 Å². The summed E-state index contributed by atoms with van der Waals surface area (Å²) in [6.45, 7) is 3.63. The lowest BCUT2D eigenvalue weighted by atomic mass is 10.2. The molecule has 2 unspecified atom stereocenters. The summed E-state index contributed by atoms with van der Waals surface area (Å²) >= 11 is 0. The molecule has 0 bridgehead atoms. The van der Waals surface area contributed by atoms with E-state index in [-0.39, 0.29) is 0 Å². The zero-order valence-electron chi connectivity index (χ0n) is 13.5. The summed E-state index contributed by atoms with van der Waals surface area (Å²) in [7, 11) is 0. The van der Waals surface area contributed by atoms with Gasteiger partial charge in [0.1, 0.15) is 0 Å². The molecule has 12 N–H and O–H groups in total. The van der Waals surface area contributed by atoms with E-state index in [0.29, 0.717) is 12.8 Å². The molecular formula is C12H26N4O8. The van der Waals surface area contributed by atoms with E-state index in [4.69, 9.17) is 43.4 Å². The van der Waals surface area contributed by atoms with Gasteiger partial charge in [0.05, 0.1) is 12.1 Å². The third-order valence-electron chi connectivity index (χ3n) is 2.42. The summed E-state index contributed by atoms with van der Waals surface area (Å²) in [5.41, 5.74) is 19.8. The van der Waals surface area contributed by atoms with E-state index < -0.39 is 48.0 Å². The summed E-state index contributed by atoms with van der Waals surface area (Å²) < 4.78 is 0. The van der Waals surface area contributed by atoms with Crippen molar-refractivity contribution in [2.75, 3.05) is 0 Å². The van der Waals surface area contributed by atoms with Crippen LogP contribution in [0.15, 0.2) is 0 Å². The number of carbonyl (C=O) groups excluding carboxylic acids is 2. The molecule has 0 aromatic rings. The minimum Gasteiger partial charge on any atom is -0.479 e. The second kappa shape index (κ2) is 14.3. The Kier molecular flexibility index (Phi) is 15.9. The molecule has 0 saturated carbocycles. The molecule has 12 heteroatoms. The first-order valence-corrected chi connectivity index (χ1v) is 6.74. The molecule has 0 aromatic heterocycles. The van der Waals surface area contributed by atoms with Gasteiger partial charge in [0.2, 0.25) is 11.8 Å². The quantitative estimate of drug-likeness (QED) is 0.222. The topological polar surface area (TPSA) is 253 Å². The van der Waals surface area contributed by atoms with Crippen LogP contribution in [0.2, 0.25) is 0 Å². The number of carboxylic acids is 2. The molecule has 0 spiro atoms. The molecule has 24 heavy (non-hydrogen) atoms. The fraction of sp³-hybridized carbons (Fsp3) is 0.667. The predicted octanol–water partition coefficient (Wildman–Crippen LogP) is -3.70. The van der Waals surface area contributed by atoms with Gasteiger partial charge in [0.15, 0.2) is 12.2 Å². The van der Waals surface area contributed by atoms with Gasteiger partial charge in [-0.3, -0.25) is 9.59 Å². The Balaban J connectivity index is -0.000000283. The Hall–Kier alpha value is -2.28. The smallest absolute Gasteiger partial charge is 0.335 e.